The van der Waals surface area contributed by atoms with Crippen LogP contribution in [0.2, 0.25) is 0 Å². The normalized spacial score (nSPS) is 25.4. The number of hydrogen-bond acceptors (Lipinski definition) is 2. The van der Waals surface area contributed by atoms with Gasteiger partial charge in [-0.25, -0.2) is 0 Å². The van der Waals surface area contributed by atoms with Crippen molar-refractivity contribution < 1.29 is 4.74 Å². The monoisotopic (exact) mass is 247 g/mol. The molecule has 18 heavy (non-hydrogen) atoms. The molecule has 1 fully saturated rings. The van der Waals surface area contributed by atoms with E-state index in [2.05, 4.69) is 19.1 Å². The average molecular weight is 247 g/mol. The Labute approximate surface area is 111 Å². The van der Waals surface area contributed by atoms with Gasteiger partial charge < -0.3 is 10.5 Å². The van der Waals surface area contributed by atoms with Crippen LogP contribution in [-0.2, 0) is 0 Å². The van der Waals surface area contributed by atoms with Crippen molar-refractivity contribution in [3.8, 4) is 5.75 Å². The van der Waals surface area contributed by atoms with Gasteiger partial charge in [0.15, 0.2) is 0 Å². The molecule has 3 unspecified atom stereocenters. The van der Waals surface area contributed by atoms with Gasteiger partial charge in [-0.3, -0.25) is 0 Å². The third kappa shape index (κ3) is 3.05. The van der Waals surface area contributed by atoms with Crippen LogP contribution < -0.4 is 10.5 Å². The Kier molecular flexibility index (Phi) is 4.28. The second kappa shape index (κ2) is 5.75. The standard InChI is InChI=1S/C16H25NO/c1-11(2)18-14-9-7-13(8-10-14)16(17)15-6-4-5-12(15)3/h7-12,15-16H,4-6,17H2,1-3H3. The highest BCUT2D eigenvalue weighted by Gasteiger charge is 2.29. The van der Waals surface area contributed by atoms with E-state index < -0.39 is 0 Å². The van der Waals surface area contributed by atoms with Crippen LogP contribution in [0.15, 0.2) is 24.3 Å². The Balaban J connectivity index is 2.04. The van der Waals surface area contributed by atoms with Crippen molar-refractivity contribution >= 4 is 0 Å². The van der Waals surface area contributed by atoms with Gasteiger partial charge >= 0.3 is 0 Å². The highest BCUT2D eigenvalue weighted by atomic mass is 16.5. The molecule has 1 aromatic rings. The summed E-state index contributed by atoms with van der Waals surface area (Å²) in [4.78, 5) is 0. The summed E-state index contributed by atoms with van der Waals surface area (Å²) < 4.78 is 5.65. The number of ether oxygens (including phenoxy) is 1. The minimum Gasteiger partial charge on any atom is -0.491 e. The fourth-order valence-corrected chi connectivity index (χ4v) is 3.00. The molecule has 0 spiro atoms. The maximum absolute atomic E-state index is 6.40. The Morgan fingerprint density at radius 1 is 1.17 bits per heavy atom. The van der Waals surface area contributed by atoms with Gasteiger partial charge in [0.05, 0.1) is 6.10 Å². The van der Waals surface area contributed by atoms with E-state index >= 15 is 0 Å². The lowest BCUT2D eigenvalue weighted by molar-refractivity contribution is 0.242. The van der Waals surface area contributed by atoms with Gasteiger partial charge in [0.2, 0.25) is 0 Å². The summed E-state index contributed by atoms with van der Waals surface area (Å²) in [5, 5.41) is 0. The molecule has 2 rings (SSSR count). The van der Waals surface area contributed by atoms with Gasteiger partial charge in [0, 0.05) is 6.04 Å². The van der Waals surface area contributed by atoms with Crippen molar-refractivity contribution in [1.82, 2.24) is 0 Å². The zero-order valence-electron chi connectivity index (χ0n) is 11.7. The molecule has 100 valence electrons. The average Bonchev–Trinajstić information content (AvgIpc) is 2.75. The molecule has 1 aliphatic rings. The summed E-state index contributed by atoms with van der Waals surface area (Å²) in [7, 11) is 0. The summed E-state index contributed by atoms with van der Waals surface area (Å²) >= 11 is 0. The Morgan fingerprint density at radius 3 is 2.33 bits per heavy atom. The molecule has 0 saturated heterocycles. The molecular formula is C16H25NO. The molecule has 1 aliphatic carbocycles. The Bertz CT molecular complexity index is 371. The van der Waals surface area contributed by atoms with Crippen LogP contribution in [-0.4, -0.2) is 6.10 Å². The molecule has 2 N–H and O–H groups in total. The fraction of sp³-hybridized carbons (Fsp3) is 0.625. The van der Waals surface area contributed by atoms with E-state index in [9.17, 15) is 0 Å². The number of nitrogens with two attached hydrogens (primary N) is 1. The van der Waals surface area contributed by atoms with E-state index in [0.29, 0.717) is 5.92 Å². The second-order valence-electron chi connectivity index (χ2n) is 5.83. The third-order valence-electron chi connectivity index (χ3n) is 4.03. The highest BCUT2D eigenvalue weighted by molar-refractivity contribution is 5.29. The Hall–Kier alpha value is -1.02. The van der Waals surface area contributed by atoms with Crippen molar-refractivity contribution in [2.45, 2.75) is 52.2 Å². The van der Waals surface area contributed by atoms with E-state index in [4.69, 9.17) is 10.5 Å². The lowest BCUT2D eigenvalue weighted by Crippen LogP contribution is -2.23. The van der Waals surface area contributed by atoms with Crippen LogP contribution in [0.1, 0.15) is 51.6 Å². The largest absolute Gasteiger partial charge is 0.491 e. The molecule has 1 aromatic carbocycles. The topological polar surface area (TPSA) is 35.2 Å². The highest BCUT2D eigenvalue weighted by Crippen LogP contribution is 2.38. The van der Waals surface area contributed by atoms with Crippen molar-refractivity contribution in [2.75, 3.05) is 0 Å². The molecule has 2 heteroatoms. The van der Waals surface area contributed by atoms with Gasteiger partial charge in [0.1, 0.15) is 5.75 Å². The van der Waals surface area contributed by atoms with E-state index in [1.165, 1.54) is 24.8 Å². The van der Waals surface area contributed by atoms with Crippen LogP contribution in [0.25, 0.3) is 0 Å². The predicted octanol–water partition coefficient (Wildman–Crippen LogP) is 3.91. The molecule has 1 saturated carbocycles. The molecule has 0 amide bonds. The van der Waals surface area contributed by atoms with E-state index in [1.54, 1.807) is 0 Å². The minimum absolute atomic E-state index is 0.176. The molecule has 3 atom stereocenters. The first-order valence-electron chi connectivity index (χ1n) is 7.10. The summed E-state index contributed by atoms with van der Waals surface area (Å²) in [6, 6.07) is 8.49. The zero-order valence-corrected chi connectivity index (χ0v) is 11.7. The number of hydrogen-bond donors (Lipinski definition) is 1. The summed E-state index contributed by atoms with van der Waals surface area (Å²) in [5.41, 5.74) is 7.64. The summed E-state index contributed by atoms with van der Waals surface area (Å²) in [6.45, 7) is 6.41. The SMILES string of the molecule is CC(C)Oc1ccc(C(N)C2CCCC2C)cc1. The molecule has 2 nitrogen and oxygen atoms in total. The van der Waals surface area contributed by atoms with Crippen LogP contribution in [0.5, 0.6) is 5.75 Å². The van der Waals surface area contributed by atoms with E-state index in [0.717, 1.165) is 11.7 Å². The molecule has 0 bridgehead atoms. The quantitative estimate of drug-likeness (QED) is 0.875. The van der Waals surface area contributed by atoms with Crippen LogP contribution in [0.4, 0.5) is 0 Å². The maximum Gasteiger partial charge on any atom is 0.119 e. The van der Waals surface area contributed by atoms with Crippen molar-refractivity contribution in [3.05, 3.63) is 29.8 Å². The number of benzene rings is 1. The van der Waals surface area contributed by atoms with E-state index in [-0.39, 0.29) is 12.1 Å². The fourth-order valence-electron chi connectivity index (χ4n) is 3.00. The van der Waals surface area contributed by atoms with Crippen LogP contribution in [0.3, 0.4) is 0 Å². The zero-order chi connectivity index (χ0) is 13.1. The van der Waals surface area contributed by atoms with Crippen molar-refractivity contribution in [1.29, 1.82) is 0 Å². The van der Waals surface area contributed by atoms with Crippen LogP contribution in [0, 0.1) is 11.8 Å². The lowest BCUT2D eigenvalue weighted by atomic mass is 9.86. The van der Waals surface area contributed by atoms with Crippen molar-refractivity contribution in [2.24, 2.45) is 17.6 Å². The molecule has 0 radical (unpaired) electrons. The minimum atomic E-state index is 0.176. The van der Waals surface area contributed by atoms with Gasteiger partial charge in [-0.1, -0.05) is 31.9 Å². The molecule has 0 aliphatic heterocycles. The van der Waals surface area contributed by atoms with Gasteiger partial charge in [-0.05, 0) is 49.8 Å². The van der Waals surface area contributed by atoms with Crippen LogP contribution >= 0.6 is 0 Å². The second-order valence-corrected chi connectivity index (χ2v) is 5.83. The number of rotatable bonds is 4. The maximum atomic E-state index is 6.40. The molecular weight excluding hydrogens is 222 g/mol. The first-order valence-corrected chi connectivity index (χ1v) is 7.10. The summed E-state index contributed by atoms with van der Waals surface area (Å²) in [6.07, 6.45) is 4.15. The smallest absolute Gasteiger partial charge is 0.119 e. The Morgan fingerprint density at radius 2 is 1.83 bits per heavy atom. The van der Waals surface area contributed by atoms with E-state index in [1.807, 2.05) is 26.0 Å². The predicted molar refractivity (Wildman–Crippen MR) is 75.6 cm³/mol. The van der Waals surface area contributed by atoms with Crippen molar-refractivity contribution in [3.63, 3.8) is 0 Å². The van der Waals surface area contributed by atoms with Gasteiger partial charge in [-0.15, -0.1) is 0 Å². The van der Waals surface area contributed by atoms with Gasteiger partial charge in [-0.2, -0.15) is 0 Å². The lowest BCUT2D eigenvalue weighted by Gasteiger charge is -2.24. The molecule has 0 aromatic heterocycles. The first-order chi connectivity index (χ1) is 8.58. The van der Waals surface area contributed by atoms with Gasteiger partial charge in [0.25, 0.3) is 0 Å². The third-order valence-corrected chi connectivity index (χ3v) is 4.03. The summed E-state index contributed by atoms with van der Waals surface area (Å²) in [5.74, 6) is 2.33. The molecule has 0 heterocycles. The first kappa shape index (κ1) is 13.4.